The first-order valence-electron chi connectivity index (χ1n) is 3.23. The summed E-state index contributed by atoms with van der Waals surface area (Å²) in [6.45, 7) is 3.68. The summed E-state index contributed by atoms with van der Waals surface area (Å²) in [7, 11) is 1.70. The van der Waals surface area contributed by atoms with Crippen LogP contribution in [-0.4, -0.2) is 9.55 Å². The largest absolute Gasteiger partial charge is 0.347 e. The van der Waals surface area contributed by atoms with Crippen LogP contribution in [0.4, 0.5) is 0 Å². The van der Waals surface area contributed by atoms with Crippen molar-refractivity contribution in [3.8, 4) is 0 Å². The van der Waals surface area contributed by atoms with Gasteiger partial charge in [0.1, 0.15) is 0 Å². The van der Waals surface area contributed by atoms with Crippen LogP contribution in [0.15, 0.2) is 9.27 Å². The van der Waals surface area contributed by atoms with Crippen molar-refractivity contribution in [3.63, 3.8) is 0 Å². The predicted molar refractivity (Wildman–Crippen MR) is 46.7 cm³/mol. The van der Waals surface area contributed by atoms with E-state index in [0.29, 0.717) is 0 Å². The Hall–Kier alpha value is -0.640. The van der Waals surface area contributed by atoms with E-state index in [1.54, 1.807) is 14.0 Å². The van der Waals surface area contributed by atoms with Gasteiger partial charge in [-0.05, 0) is 29.8 Å². The van der Waals surface area contributed by atoms with Gasteiger partial charge in [0, 0.05) is 12.7 Å². The van der Waals surface area contributed by atoms with Crippen molar-refractivity contribution in [2.75, 3.05) is 0 Å². The highest BCUT2D eigenvalue weighted by molar-refractivity contribution is 9.10. The van der Waals surface area contributed by atoms with Crippen molar-refractivity contribution in [2.24, 2.45) is 7.05 Å². The van der Waals surface area contributed by atoms with E-state index in [-0.39, 0.29) is 5.69 Å². The third kappa shape index (κ3) is 1.35. The minimum absolute atomic E-state index is 0.205. The Labute approximate surface area is 73.2 Å². The summed E-state index contributed by atoms with van der Waals surface area (Å²) < 4.78 is 2.41. The maximum atomic E-state index is 11.0. The number of nitrogens with zero attached hydrogens (tertiary/aromatic N) is 2. The molecular weight excluding hydrogens is 208 g/mol. The number of halogens is 1. The molecule has 0 saturated carbocycles. The van der Waals surface area contributed by atoms with E-state index in [0.717, 1.165) is 15.9 Å². The van der Waals surface area contributed by atoms with E-state index in [2.05, 4.69) is 20.9 Å². The average molecular weight is 217 g/mol. The lowest BCUT2D eigenvalue weighted by molar-refractivity contribution is 0.757. The Kier molecular flexibility index (Phi) is 2.13. The molecule has 1 aromatic heterocycles. The molecule has 0 fully saturated rings. The standard InChI is InChI=1S/C7H9BrN2O/c1-4-6(8)5(2)10(3)7(11)9-4/h1-3H3. The summed E-state index contributed by atoms with van der Waals surface area (Å²) in [5.74, 6) is 0. The lowest BCUT2D eigenvalue weighted by atomic mass is 10.3. The fourth-order valence-electron chi connectivity index (χ4n) is 0.820. The van der Waals surface area contributed by atoms with Gasteiger partial charge >= 0.3 is 5.69 Å². The normalized spacial score (nSPS) is 10.2. The maximum Gasteiger partial charge on any atom is 0.347 e. The number of hydrogen-bond acceptors (Lipinski definition) is 2. The highest BCUT2D eigenvalue weighted by Crippen LogP contribution is 2.15. The Bertz CT molecular complexity index is 343. The summed E-state index contributed by atoms with van der Waals surface area (Å²) in [6, 6.07) is 0. The maximum absolute atomic E-state index is 11.0. The number of aromatic nitrogens is 2. The molecule has 0 aromatic carbocycles. The molecule has 1 heterocycles. The van der Waals surface area contributed by atoms with Gasteiger partial charge in [0.05, 0.1) is 10.2 Å². The molecular formula is C7H9BrN2O. The predicted octanol–water partition coefficient (Wildman–Crippen LogP) is 1.16. The first kappa shape index (κ1) is 8.46. The lowest BCUT2D eigenvalue weighted by Crippen LogP contribution is -2.23. The second-order valence-corrected chi connectivity index (χ2v) is 3.23. The summed E-state index contributed by atoms with van der Waals surface area (Å²) in [6.07, 6.45) is 0. The van der Waals surface area contributed by atoms with Crippen molar-refractivity contribution in [1.82, 2.24) is 9.55 Å². The minimum atomic E-state index is -0.205. The van der Waals surface area contributed by atoms with Crippen LogP contribution in [0.2, 0.25) is 0 Å². The molecule has 0 spiro atoms. The number of hydrogen-bond donors (Lipinski definition) is 0. The van der Waals surface area contributed by atoms with Crippen molar-refractivity contribution in [3.05, 3.63) is 26.3 Å². The first-order valence-corrected chi connectivity index (χ1v) is 4.03. The van der Waals surface area contributed by atoms with Gasteiger partial charge in [-0.1, -0.05) is 0 Å². The molecule has 1 rings (SSSR count). The van der Waals surface area contributed by atoms with E-state index in [1.165, 1.54) is 4.57 Å². The Balaban J connectivity index is 3.59. The topological polar surface area (TPSA) is 34.9 Å². The molecule has 0 bridgehead atoms. The Morgan fingerprint density at radius 1 is 1.45 bits per heavy atom. The van der Waals surface area contributed by atoms with Gasteiger partial charge in [0.25, 0.3) is 0 Å². The van der Waals surface area contributed by atoms with Crippen LogP contribution < -0.4 is 5.69 Å². The minimum Gasteiger partial charge on any atom is -0.299 e. The van der Waals surface area contributed by atoms with Crippen molar-refractivity contribution >= 4 is 15.9 Å². The molecule has 4 heteroatoms. The molecule has 0 N–H and O–H groups in total. The van der Waals surface area contributed by atoms with E-state index in [9.17, 15) is 4.79 Å². The van der Waals surface area contributed by atoms with Gasteiger partial charge in [0.15, 0.2) is 0 Å². The van der Waals surface area contributed by atoms with Crippen molar-refractivity contribution in [2.45, 2.75) is 13.8 Å². The fourth-order valence-corrected chi connectivity index (χ4v) is 1.17. The number of rotatable bonds is 0. The molecule has 0 atom stereocenters. The third-order valence-electron chi connectivity index (χ3n) is 1.69. The SMILES string of the molecule is Cc1nc(=O)n(C)c(C)c1Br. The quantitative estimate of drug-likeness (QED) is 0.653. The van der Waals surface area contributed by atoms with Crippen LogP contribution in [0.3, 0.4) is 0 Å². The lowest BCUT2D eigenvalue weighted by Gasteiger charge is -2.05. The van der Waals surface area contributed by atoms with Crippen LogP contribution in [0.1, 0.15) is 11.4 Å². The first-order chi connectivity index (χ1) is 5.04. The monoisotopic (exact) mass is 216 g/mol. The summed E-state index contributed by atoms with van der Waals surface area (Å²) >= 11 is 3.34. The van der Waals surface area contributed by atoms with Crippen molar-refractivity contribution < 1.29 is 0 Å². The summed E-state index contributed by atoms with van der Waals surface area (Å²) in [5.41, 5.74) is 1.44. The summed E-state index contributed by atoms with van der Waals surface area (Å²) in [4.78, 5) is 14.8. The second kappa shape index (κ2) is 2.77. The van der Waals surface area contributed by atoms with Crippen LogP contribution in [0.5, 0.6) is 0 Å². The van der Waals surface area contributed by atoms with Crippen molar-refractivity contribution in [1.29, 1.82) is 0 Å². The van der Waals surface area contributed by atoms with Gasteiger partial charge in [-0.2, -0.15) is 4.98 Å². The Morgan fingerprint density at radius 3 is 2.55 bits per heavy atom. The highest BCUT2D eigenvalue weighted by Gasteiger charge is 2.04. The molecule has 0 aliphatic heterocycles. The van der Waals surface area contributed by atoms with Crippen LogP contribution >= 0.6 is 15.9 Å². The summed E-state index contributed by atoms with van der Waals surface area (Å²) in [5, 5.41) is 0. The third-order valence-corrected chi connectivity index (χ3v) is 2.84. The molecule has 0 radical (unpaired) electrons. The second-order valence-electron chi connectivity index (χ2n) is 2.44. The number of aryl methyl sites for hydroxylation is 1. The smallest absolute Gasteiger partial charge is 0.299 e. The van der Waals surface area contributed by atoms with Gasteiger partial charge < -0.3 is 0 Å². The molecule has 1 aromatic rings. The van der Waals surface area contributed by atoms with Crippen LogP contribution in [0.25, 0.3) is 0 Å². The van der Waals surface area contributed by atoms with Crippen LogP contribution in [0, 0.1) is 13.8 Å². The van der Waals surface area contributed by atoms with Gasteiger partial charge in [-0.3, -0.25) is 4.57 Å². The van der Waals surface area contributed by atoms with Crippen LogP contribution in [-0.2, 0) is 7.05 Å². The Morgan fingerprint density at radius 2 is 2.00 bits per heavy atom. The average Bonchev–Trinajstić information content (AvgIpc) is 1.97. The van der Waals surface area contributed by atoms with Gasteiger partial charge in [-0.15, -0.1) is 0 Å². The molecule has 0 saturated heterocycles. The highest BCUT2D eigenvalue weighted by atomic mass is 79.9. The zero-order valence-corrected chi connectivity index (χ0v) is 8.27. The molecule has 0 amide bonds. The van der Waals surface area contributed by atoms with E-state index in [4.69, 9.17) is 0 Å². The molecule has 60 valence electrons. The van der Waals surface area contributed by atoms with Gasteiger partial charge in [0.2, 0.25) is 0 Å². The van der Waals surface area contributed by atoms with E-state index >= 15 is 0 Å². The molecule has 0 aliphatic rings. The zero-order valence-electron chi connectivity index (χ0n) is 6.68. The fraction of sp³-hybridized carbons (Fsp3) is 0.429. The molecule has 3 nitrogen and oxygen atoms in total. The van der Waals surface area contributed by atoms with E-state index in [1.807, 2.05) is 6.92 Å². The van der Waals surface area contributed by atoms with E-state index < -0.39 is 0 Å². The molecule has 0 unspecified atom stereocenters. The molecule has 11 heavy (non-hydrogen) atoms. The van der Waals surface area contributed by atoms with Gasteiger partial charge in [-0.25, -0.2) is 4.79 Å². The zero-order chi connectivity index (χ0) is 8.59. The molecule has 0 aliphatic carbocycles.